The van der Waals surface area contributed by atoms with Gasteiger partial charge in [0.2, 0.25) is 0 Å². The summed E-state index contributed by atoms with van der Waals surface area (Å²) in [4.78, 5) is 12.6. The van der Waals surface area contributed by atoms with Crippen molar-refractivity contribution in [3.63, 3.8) is 0 Å². The number of carbonyl (C=O) groups excluding carboxylic acids is 1. The lowest BCUT2D eigenvalue weighted by Crippen LogP contribution is -2.50. The molecule has 4 rings (SSSR count). The molecular weight excluding hydrogens is 290 g/mol. The zero-order chi connectivity index (χ0) is 16.4. The fraction of sp³-hybridized carbons (Fsp3) is 0.789. The molecule has 4 heteroatoms. The first-order valence-corrected chi connectivity index (χ1v) is 9.03. The number of nitrogens with zero attached hydrogens (tertiary/aromatic N) is 1. The molecule has 126 valence electrons. The molecule has 0 aliphatic heterocycles. The van der Waals surface area contributed by atoms with E-state index in [0.717, 1.165) is 38.5 Å². The van der Waals surface area contributed by atoms with Crippen LogP contribution in [0.4, 0.5) is 0 Å². The molecule has 0 aromatic carbocycles. The van der Waals surface area contributed by atoms with Gasteiger partial charge in [0.25, 0.3) is 0 Å². The summed E-state index contributed by atoms with van der Waals surface area (Å²) in [5.41, 5.74) is 1.68. The number of rotatable bonds is 0. The van der Waals surface area contributed by atoms with Crippen LogP contribution >= 0.6 is 0 Å². The van der Waals surface area contributed by atoms with Gasteiger partial charge in [-0.1, -0.05) is 30.7 Å². The number of carbonyl (C=O) groups is 1. The number of oxime groups is 1. The van der Waals surface area contributed by atoms with E-state index in [2.05, 4.69) is 25.1 Å². The van der Waals surface area contributed by atoms with Crippen LogP contribution < -0.4 is 0 Å². The van der Waals surface area contributed by atoms with E-state index in [0.29, 0.717) is 29.9 Å². The normalized spacial score (nSPS) is 51.0. The van der Waals surface area contributed by atoms with Crippen molar-refractivity contribution in [2.45, 2.75) is 64.9 Å². The van der Waals surface area contributed by atoms with Gasteiger partial charge in [-0.3, -0.25) is 4.79 Å². The van der Waals surface area contributed by atoms with Gasteiger partial charge in [-0.15, -0.1) is 0 Å². The lowest BCUT2D eigenvalue weighted by atomic mass is 9.48. The van der Waals surface area contributed by atoms with Gasteiger partial charge in [0.15, 0.2) is 5.78 Å². The van der Waals surface area contributed by atoms with E-state index in [9.17, 15) is 15.1 Å². The third kappa shape index (κ3) is 1.93. The molecular formula is C19H27NO3. The highest BCUT2D eigenvalue weighted by Gasteiger charge is 2.60. The molecule has 0 radical (unpaired) electrons. The van der Waals surface area contributed by atoms with E-state index in [1.807, 2.05) is 0 Å². The van der Waals surface area contributed by atoms with Crippen molar-refractivity contribution in [2.75, 3.05) is 0 Å². The Bertz CT molecular complexity index is 610. The van der Waals surface area contributed by atoms with Gasteiger partial charge in [-0.2, -0.15) is 0 Å². The fourth-order valence-electron chi connectivity index (χ4n) is 6.34. The van der Waals surface area contributed by atoms with Crippen molar-refractivity contribution in [1.82, 2.24) is 0 Å². The van der Waals surface area contributed by atoms with Crippen molar-refractivity contribution in [3.05, 3.63) is 11.6 Å². The van der Waals surface area contributed by atoms with Crippen molar-refractivity contribution < 1.29 is 15.1 Å². The summed E-state index contributed by atoms with van der Waals surface area (Å²) in [6.07, 6.45) is 8.57. The number of hydrogen-bond acceptors (Lipinski definition) is 4. The Labute approximate surface area is 137 Å². The highest BCUT2D eigenvalue weighted by molar-refractivity contribution is 6.43. The summed E-state index contributed by atoms with van der Waals surface area (Å²) >= 11 is 0. The third-order valence-electron chi connectivity index (χ3n) is 7.78. The van der Waals surface area contributed by atoms with E-state index in [-0.39, 0.29) is 22.7 Å². The molecule has 6 atom stereocenters. The molecule has 2 N–H and O–H groups in total. The summed E-state index contributed by atoms with van der Waals surface area (Å²) in [6, 6.07) is 0. The van der Waals surface area contributed by atoms with Crippen LogP contribution in [-0.4, -0.2) is 27.9 Å². The second kappa shape index (κ2) is 4.92. The average Bonchev–Trinajstić information content (AvgIpc) is 2.79. The van der Waals surface area contributed by atoms with Crippen LogP contribution in [0.25, 0.3) is 0 Å². The largest absolute Gasteiger partial charge is 0.411 e. The van der Waals surface area contributed by atoms with Crippen LogP contribution in [0.1, 0.15) is 58.8 Å². The van der Waals surface area contributed by atoms with E-state index >= 15 is 0 Å². The van der Waals surface area contributed by atoms with Gasteiger partial charge in [0.05, 0.1) is 6.10 Å². The Hall–Kier alpha value is -1.16. The summed E-state index contributed by atoms with van der Waals surface area (Å²) in [5, 5.41) is 22.5. The first kappa shape index (κ1) is 15.4. The molecule has 23 heavy (non-hydrogen) atoms. The van der Waals surface area contributed by atoms with Crippen molar-refractivity contribution >= 4 is 11.5 Å². The smallest absolute Gasteiger partial charge is 0.186 e. The van der Waals surface area contributed by atoms with Crippen LogP contribution in [0.15, 0.2) is 16.8 Å². The monoisotopic (exact) mass is 317 g/mol. The highest BCUT2D eigenvalue weighted by atomic mass is 16.4. The minimum Gasteiger partial charge on any atom is -0.411 e. The molecule has 0 bridgehead atoms. The van der Waals surface area contributed by atoms with E-state index < -0.39 is 0 Å². The molecule has 0 amide bonds. The maximum absolute atomic E-state index is 12.6. The van der Waals surface area contributed by atoms with Crippen LogP contribution in [0.2, 0.25) is 0 Å². The predicted octanol–water partition coefficient (Wildman–Crippen LogP) is 3.32. The van der Waals surface area contributed by atoms with E-state index in [1.54, 1.807) is 0 Å². The molecule has 4 nitrogen and oxygen atoms in total. The number of Topliss-reactive ketones (excluding diaryl/α,β-unsaturated/α-hetero) is 1. The maximum Gasteiger partial charge on any atom is 0.186 e. The molecule has 0 heterocycles. The molecule has 4 aliphatic carbocycles. The second-order valence-electron chi connectivity index (χ2n) is 8.69. The van der Waals surface area contributed by atoms with Gasteiger partial charge in [0, 0.05) is 11.8 Å². The summed E-state index contributed by atoms with van der Waals surface area (Å²) < 4.78 is 0. The average molecular weight is 317 g/mol. The second-order valence-corrected chi connectivity index (χ2v) is 8.69. The quantitative estimate of drug-likeness (QED) is 0.409. The van der Waals surface area contributed by atoms with Crippen LogP contribution in [0, 0.1) is 28.6 Å². The Morgan fingerprint density at radius 3 is 2.61 bits per heavy atom. The minimum atomic E-state index is -0.335. The van der Waals surface area contributed by atoms with Gasteiger partial charge in [0.1, 0.15) is 5.71 Å². The Morgan fingerprint density at radius 1 is 1.13 bits per heavy atom. The number of fused-ring (bicyclic) bond motifs is 5. The van der Waals surface area contributed by atoms with Gasteiger partial charge < -0.3 is 10.3 Å². The van der Waals surface area contributed by atoms with Gasteiger partial charge >= 0.3 is 0 Å². The molecule has 0 aromatic heterocycles. The Kier molecular flexibility index (Phi) is 3.29. The summed E-state index contributed by atoms with van der Waals surface area (Å²) in [7, 11) is 0. The van der Waals surface area contributed by atoms with Crippen molar-refractivity contribution in [3.8, 4) is 0 Å². The molecule has 0 saturated heterocycles. The number of hydrogen-bond donors (Lipinski definition) is 2. The molecule has 0 aromatic rings. The fourth-order valence-corrected chi connectivity index (χ4v) is 6.34. The van der Waals surface area contributed by atoms with Gasteiger partial charge in [-0.25, -0.2) is 0 Å². The zero-order valence-corrected chi connectivity index (χ0v) is 14.1. The number of ketones is 1. The number of aliphatic hydroxyl groups is 1. The molecule has 4 unspecified atom stereocenters. The first-order chi connectivity index (χ1) is 10.9. The van der Waals surface area contributed by atoms with Crippen LogP contribution in [0.5, 0.6) is 0 Å². The Balaban J connectivity index is 1.71. The lowest BCUT2D eigenvalue weighted by molar-refractivity contribution is -0.128. The number of aliphatic hydroxyl groups excluding tert-OH is 1. The van der Waals surface area contributed by atoms with Crippen LogP contribution in [-0.2, 0) is 4.79 Å². The zero-order valence-electron chi connectivity index (χ0n) is 14.1. The molecule has 0 spiro atoms. The van der Waals surface area contributed by atoms with Crippen molar-refractivity contribution in [1.29, 1.82) is 0 Å². The minimum absolute atomic E-state index is 0.0717. The lowest BCUT2D eigenvalue weighted by Gasteiger charge is -2.56. The first-order valence-electron chi connectivity index (χ1n) is 9.03. The number of allylic oxidation sites excluding steroid dienone is 1. The SMILES string of the molecule is C[C@]12CCC(O)CC1=CCC1C2CC[C@]2(C)C(=O)/C(=N\O)CC12. The highest BCUT2D eigenvalue weighted by Crippen LogP contribution is 2.63. The summed E-state index contributed by atoms with van der Waals surface area (Å²) in [6.45, 7) is 4.46. The van der Waals surface area contributed by atoms with Crippen molar-refractivity contribution in [2.24, 2.45) is 33.7 Å². The third-order valence-corrected chi connectivity index (χ3v) is 7.78. The molecule has 3 saturated carbocycles. The predicted molar refractivity (Wildman–Crippen MR) is 87.3 cm³/mol. The van der Waals surface area contributed by atoms with E-state index in [1.165, 1.54) is 5.57 Å². The van der Waals surface area contributed by atoms with E-state index in [4.69, 9.17) is 0 Å². The topological polar surface area (TPSA) is 69.9 Å². The van der Waals surface area contributed by atoms with Gasteiger partial charge in [-0.05, 0) is 61.7 Å². The standard InChI is InChI=1S/C19H27NO3/c1-18-7-5-12(21)9-11(18)3-4-13-14(18)6-8-19(2)15(13)10-16(20-23)17(19)22/h3,12-15,21,23H,4-10H2,1-2H3/b20-16-/t12?,13?,14?,15?,18-,19-/m0/s1. The Morgan fingerprint density at radius 2 is 1.87 bits per heavy atom. The maximum atomic E-state index is 12.6. The summed E-state index contributed by atoms with van der Waals surface area (Å²) in [5.74, 6) is 1.48. The van der Waals surface area contributed by atoms with Crippen LogP contribution in [0.3, 0.4) is 0 Å². The molecule has 3 fully saturated rings. The molecule has 4 aliphatic rings.